The lowest BCUT2D eigenvalue weighted by molar-refractivity contribution is 0.864. The number of benzene rings is 2. The molecule has 0 saturated carbocycles. The zero-order valence-electron chi connectivity index (χ0n) is 15.9. The van der Waals surface area contributed by atoms with Crippen LogP contribution in [-0.4, -0.2) is 9.97 Å². The van der Waals surface area contributed by atoms with Crippen molar-refractivity contribution in [1.82, 2.24) is 9.97 Å². The van der Waals surface area contributed by atoms with Crippen molar-refractivity contribution in [2.45, 2.75) is 19.8 Å². The Kier molecular flexibility index (Phi) is 4.18. The molecule has 2 aromatic carbocycles. The van der Waals surface area contributed by atoms with Gasteiger partial charge in [-0.3, -0.25) is 4.98 Å². The van der Waals surface area contributed by atoms with E-state index in [1.165, 1.54) is 26.6 Å². The van der Waals surface area contributed by atoms with Crippen molar-refractivity contribution >= 4 is 31.6 Å². The highest BCUT2D eigenvalue weighted by molar-refractivity contribution is 7.26. The highest BCUT2D eigenvalue weighted by Crippen LogP contribution is 2.39. The second-order valence-electron chi connectivity index (χ2n) is 7.33. The lowest BCUT2D eigenvalue weighted by atomic mass is 10.0. The van der Waals surface area contributed by atoms with Crippen LogP contribution in [0.3, 0.4) is 0 Å². The molecule has 0 fully saturated rings. The molecule has 3 heteroatoms. The summed E-state index contributed by atoms with van der Waals surface area (Å²) in [5.74, 6) is 0.485. The zero-order chi connectivity index (χ0) is 19.1. The number of pyridine rings is 2. The first-order valence-corrected chi connectivity index (χ1v) is 10.4. The SMILES string of the molecule is CC(C)c1ccnc(-c2cccc3c2sc2nc(-c4ccccc4)ccc23)c1. The van der Waals surface area contributed by atoms with Gasteiger partial charge in [0.25, 0.3) is 0 Å². The predicted molar refractivity (Wildman–Crippen MR) is 120 cm³/mol. The standard InChI is InChI=1S/C25H20N2S/c1-16(2)18-13-14-26-23(15-18)21-10-6-9-19-20-11-12-22(17-7-4-3-5-8-17)27-25(20)28-24(19)21/h3-16H,1-2H3. The third-order valence-electron chi connectivity index (χ3n) is 5.16. The summed E-state index contributed by atoms with van der Waals surface area (Å²) in [5, 5.41) is 2.46. The summed E-state index contributed by atoms with van der Waals surface area (Å²) in [5.41, 5.74) is 5.69. The maximum Gasteiger partial charge on any atom is 0.125 e. The Morgan fingerprint density at radius 3 is 2.46 bits per heavy atom. The summed E-state index contributed by atoms with van der Waals surface area (Å²) in [6.07, 6.45) is 1.92. The molecule has 3 aromatic heterocycles. The minimum absolute atomic E-state index is 0.485. The van der Waals surface area contributed by atoms with Gasteiger partial charge in [-0.2, -0.15) is 0 Å². The molecular formula is C25H20N2S. The summed E-state index contributed by atoms with van der Waals surface area (Å²) >= 11 is 1.76. The summed E-state index contributed by atoms with van der Waals surface area (Å²) in [4.78, 5) is 10.7. The van der Waals surface area contributed by atoms with Crippen LogP contribution in [0.25, 0.3) is 42.8 Å². The second kappa shape index (κ2) is 6.84. The first-order valence-electron chi connectivity index (χ1n) is 9.55. The molecule has 0 saturated heterocycles. The molecular weight excluding hydrogens is 360 g/mol. The fourth-order valence-electron chi connectivity index (χ4n) is 3.60. The zero-order valence-corrected chi connectivity index (χ0v) is 16.7. The van der Waals surface area contributed by atoms with Crippen LogP contribution < -0.4 is 0 Å². The Labute approximate surface area is 168 Å². The summed E-state index contributed by atoms with van der Waals surface area (Å²) in [6.45, 7) is 4.43. The molecule has 2 nitrogen and oxygen atoms in total. The molecule has 5 rings (SSSR count). The minimum atomic E-state index is 0.485. The van der Waals surface area contributed by atoms with Crippen molar-refractivity contribution in [1.29, 1.82) is 0 Å². The third kappa shape index (κ3) is 2.88. The summed E-state index contributed by atoms with van der Waals surface area (Å²) in [7, 11) is 0. The number of fused-ring (bicyclic) bond motifs is 3. The van der Waals surface area contributed by atoms with Crippen LogP contribution in [0, 0.1) is 0 Å². The monoisotopic (exact) mass is 380 g/mol. The lowest BCUT2D eigenvalue weighted by Gasteiger charge is -2.08. The van der Waals surface area contributed by atoms with Gasteiger partial charge in [-0.05, 0) is 35.7 Å². The van der Waals surface area contributed by atoms with Crippen molar-refractivity contribution in [2.75, 3.05) is 0 Å². The van der Waals surface area contributed by atoms with Crippen LogP contribution in [-0.2, 0) is 0 Å². The van der Waals surface area contributed by atoms with E-state index in [9.17, 15) is 0 Å². The van der Waals surface area contributed by atoms with E-state index < -0.39 is 0 Å². The molecule has 3 heterocycles. The Hall–Kier alpha value is -3.04. The van der Waals surface area contributed by atoms with E-state index in [0.29, 0.717) is 5.92 Å². The molecule has 0 unspecified atom stereocenters. The van der Waals surface area contributed by atoms with E-state index in [2.05, 4.69) is 85.6 Å². The number of rotatable bonds is 3. The topological polar surface area (TPSA) is 25.8 Å². The number of aromatic nitrogens is 2. The molecule has 5 aromatic rings. The second-order valence-corrected chi connectivity index (χ2v) is 8.33. The lowest BCUT2D eigenvalue weighted by Crippen LogP contribution is -1.90. The Balaban J connectivity index is 1.71. The van der Waals surface area contributed by atoms with Crippen molar-refractivity contribution in [3.05, 3.63) is 84.6 Å². The molecule has 28 heavy (non-hydrogen) atoms. The van der Waals surface area contributed by atoms with Crippen LogP contribution in [0.4, 0.5) is 0 Å². The molecule has 0 amide bonds. The first-order chi connectivity index (χ1) is 13.7. The highest BCUT2D eigenvalue weighted by atomic mass is 32.1. The van der Waals surface area contributed by atoms with Gasteiger partial charge < -0.3 is 0 Å². The van der Waals surface area contributed by atoms with Gasteiger partial charge in [0.1, 0.15) is 4.83 Å². The molecule has 0 atom stereocenters. The van der Waals surface area contributed by atoms with Crippen molar-refractivity contribution in [2.24, 2.45) is 0 Å². The first kappa shape index (κ1) is 17.1. The molecule has 0 bridgehead atoms. The number of hydrogen-bond acceptors (Lipinski definition) is 3. The van der Waals surface area contributed by atoms with E-state index in [1.54, 1.807) is 11.3 Å². The van der Waals surface area contributed by atoms with Gasteiger partial charge in [0.15, 0.2) is 0 Å². The van der Waals surface area contributed by atoms with Crippen LogP contribution in [0.1, 0.15) is 25.3 Å². The fraction of sp³-hybridized carbons (Fsp3) is 0.120. The molecule has 0 aliphatic heterocycles. The normalized spacial score (nSPS) is 11.5. The van der Waals surface area contributed by atoms with Gasteiger partial charge in [0.2, 0.25) is 0 Å². The van der Waals surface area contributed by atoms with E-state index in [-0.39, 0.29) is 0 Å². The fourth-order valence-corrected chi connectivity index (χ4v) is 4.80. The summed E-state index contributed by atoms with van der Waals surface area (Å²) in [6, 6.07) is 25.5. The van der Waals surface area contributed by atoms with Gasteiger partial charge in [-0.1, -0.05) is 62.4 Å². The van der Waals surface area contributed by atoms with E-state index in [1.807, 2.05) is 12.3 Å². The minimum Gasteiger partial charge on any atom is -0.256 e. The average Bonchev–Trinajstić information content (AvgIpc) is 3.12. The number of thiophene rings is 1. The third-order valence-corrected chi connectivity index (χ3v) is 6.31. The quantitative estimate of drug-likeness (QED) is 0.328. The Morgan fingerprint density at radius 1 is 0.786 bits per heavy atom. The van der Waals surface area contributed by atoms with E-state index >= 15 is 0 Å². The smallest absolute Gasteiger partial charge is 0.125 e. The molecule has 0 aliphatic carbocycles. The van der Waals surface area contributed by atoms with Crippen LogP contribution >= 0.6 is 11.3 Å². The van der Waals surface area contributed by atoms with Crippen LogP contribution in [0.5, 0.6) is 0 Å². The molecule has 0 radical (unpaired) electrons. The highest BCUT2D eigenvalue weighted by Gasteiger charge is 2.13. The van der Waals surface area contributed by atoms with Crippen molar-refractivity contribution < 1.29 is 0 Å². The van der Waals surface area contributed by atoms with E-state index in [0.717, 1.165) is 21.8 Å². The number of nitrogens with zero attached hydrogens (tertiary/aromatic N) is 2. The van der Waals surface area contributed by atoms with Gasteiger partial charge in [0.05, 0.1) is 11.4 Å². The molecule has 0 N–H and O–H groups in total. The maximum absolute atomic E-state index is 4.96. The van der Waals surface area contributed by atoms with Crippen molar-refractivity contribution in [3.8, 4) is 22.5 Å². The summed E-state index contributed by atoms with van der Waals surface area (Å²) < 4.78 is 1.25. The molecule has 0 aliphatic rings. The maximum atomic E-state index is 4.96. The molecule has 136 valence electrons. The van der Waals surface area contributed by atoms with Gasteiger partial charge in [-0.15, -0.1) is 11.3 Å². The predicted octanol–water partition coefficient (Wildman–Crippen LogP) is 7.30. The largest absolute Gasteiger partial charge is 0.256 e. The van der Waals surface area contributed by atoms with Gasteiger partial charge in [-0.25, -0.2) is 4.98 Å². The van der Waals surface area contributed by atoms with Gasteiger partial charge in [0, 0.05) is 32.8 Å². The van der Waals surface area contributed by atoms with Crippen LogP contribution in [0.2, 0.25) is 0 Å². The Morgan fingerprint density at radius 2 is 1.64 bits per heavy atom. The van der Waals surface area contributed by atoms with Crippen molar-refractivity contribution in [3.63, 3.8) is 0 Å². The Bertz CT molecular complexity index is 1290. The number of hydrogen-bond donors (Lipinski definition) is 0. The van der Waals surface area contributed by atoms with Gasteiger partial charge >= 0.3 is 0 Å². The van der Waals surface area contributed by atoms with Crippen LogP contribution in [0.15, 0.2) is 79.0 Å². The average molecular weight is 381 g/mol. The van der Waals surface area contributed by atoms with E-state index in [4.69, 9.17) is 4.98 Å². The molecule has 0 spiro atoms.